The number of hydrogen-bond donors (Lipinski definition) is 2. The van der Waals surface area contributed by atoms with Gasteiger partial charge in [-0.05, 0) is 25.8 Å². The molecule has 1 amide bonds. The van der Waals surface area contributed by atoms with Crippen molar-refractivity contribution in [3.05, 3.63) is 35.9 Å². The van der Waals surface area contributed by atoms with Gasteiger partial charge in [-0.15, -0.1) is 0 Å². The number of carbonyl (C=O) groups is 1. The first-order chi connectivity index (χ1) is 9.85. The molecule has 21 heavy (non-hydrogen) atoms. The Morgan fingerprint density at radius 1 is 1.19 bits per heavy atom. The highest BCUT2D eigenvalue weighted by Gasteiger charge is 2.25. The molecule has 0 aromatic heterocycles. The quantitative estimate of drug-likeness (QED) is 0.770. The number of amides is 1. The van der Waals surface area contributed by atoms with Gasteiger partial charge in [0.1, 0.15) is 6.04 Å². The van der Waals surface area contributed by atoms with Crippen molar-refractivity contribution in [3.63, 3.8) is 0 Å². The third-order valence-corrected chi connectivity index (χ3v) is 4.31. The smallest absolute Gasteiger partial charge is 0.242 e. The van der Waals surface area contributed by atoms with Gasteiger partial charge in [0.05, 0.1) is 5.75 Å². The lowest BCUT2D eigenvalue weighted by Gasteiger charge is -2.20. The maximum Gasteiger partial charge on any atom is 0.242 e. The molecule has 1 aromatic rings. The summed E-state index contributed by atoms with van der Waals surface area (Å²) in [6.07, 6.45) is 1.36. The minimum Gasteiger partial charge on any atom is -0.352 e. The normalized spacial score (nSPS) is 13.1. The van der Waals surface area contributed by atoms with Crippen LogP contribution in [0, 0.1) is 0 Å². The van der Waals surface area contributed by atoms with Crippen LogP contribution in [0.25, 0.3) is 0 Å². The second-order valence-electron chi connectivity index (χ2n) is 5.30. The van der Waals surface area contributed by atoms with Crippen molar-refractivity contribution >= 4 is 15.9 Å². The third-order valence-electron chi connectivity index (χ3n) is 2.89. The molecule has 0 aliphatic rings. The fraction of sp³-hybridized carbons (Fsp3) is 0.533. The summed E-state index contributed by atoms with van der Waals surface area (Å²) in [5, 5.41) is 2.75. The molecule has 0 heterocycles. The van der Waals surface area contributed by atoms with Crippen molar-refractivity contribution in [2.75, 3.05) is 5.75 Å². The minimum atomic E-state index is -3.48. The first kappa shape index (κ1) is 17.7. The predicted octanol–water partition coefficient (Wildman–Crippen LogP) is 1.97. The summed E-state index contributed by atoms with van der Waals surface area (Å²) in [6.45, 7) is 5.60. The summed E-state index contributed by atoms with van der Waals surface area (Å²) < 4.78 is 26.7. The Morgan fingerprint density at radius 3 is 2.33 bits per heavy atom. The molecule has 6 heteroatoms. The molecule has 1 atom stereocenters. The lowest BCUT2D eigenvalue weighted by atomic mass is 10.1. The predicted molar refractivity (Wildman–Crippen MR) is 84.3 cm³/mol. The second-order valence-corrected chi connectivity index (χ2v) is 7.17. The molecule has 2 N–H and O–H groups in total. The number of nitrogens with one attached hydrogen (secondary N) is 2. The number of sulfonamides is 1. The summed E-state index contributed by atoms with van der Waals surface area (Å²) in [4.78, 5) is 12.3. The average Bonchev–Trinajstić information content (AvgIpc) is 2.43. The van der Waals surface area contributed by atoms with E-state index in [1.165, 1.54) is 0 Å². The Hall–Kier alpha value is -1.40. The van der Waals surface area contributed by atoms with Gasteiger partial charge < -0.3 is 5.32 Å². The number of rotatable bonds is 8. The van der Waals surface area contributed by atoms with Crippen LogP contribution in [-0.2, 0) is 14.8 Å². The molecular weight excluding hydrogens is 288 g/mol. The molecule has 0 unspecified atom stereocenters. The van der Waals surface area contributed by atoms with Gasteiger partial charge in [-0.2, -0.15) is 4.72 Å². The van der Waals surface area contributed by atoms with E-state index < -0.39 is 16.1 Å². The molecular formula is C15H24N2O3S. The Bertz CT molecular complexity index is 541. The molecule has 0 aliphatic heterocycles. The molecule has 0 fully saturated rings. The highest BCUT2D eigenvalue weighted by molar-refractivity contribution is 7.89. The third kappa shape index (κ3) is 6.27. The van der Waals surface area contributed by atoms with Gasteiger partial charge in [0.2, 0.25) is 15.9 Å². The van der Waals surface area contributed by atoms with Crippen LogP contribution >= 0.6 is 0 Å². The van der Waals surface area contributed by atoms with Crippen LogP contribution < -0.4 is 10.0 Å². The van der Waals surface area contributed by atoms with Crippen molar-refractivity contribution in [1.82, 2.24) is 10.0 Å². The van der Waals surface area contributed by atoms with E-state index in [-0.39, 0.29) is 17.7 Å². The summed E-state index contributed by atoms with van der Waals surface area (Å²) in [5.74, 6) is -0.307. The lowest BCUT2D eigenvalue weighted by Crippen LogP contribution is -2.43. The second kappa shape index (κ2) is 8.14. The highest BCUT2D eigenvalue weighted by Crippen LogP contribution is 2.15. The summed E-state index contributed by atoms with van der Waals surface area (Å²) in [5.41, 5.74) is 0.635. The van der Waals surface area contributed by atoms with Gasteiger partial charge in [-0.1, -0.05) is 43.7 Å². The number of hydrogen-bond acceptors (Lipinski definition) is 3. The number of carbonyl (C=O) groups excluding carboxylic acids is 1. The number of unbranched alkanes of at least 4 members (excludes halogenated alkanes) is 1. The van der Waals surface area contributed by atoms with Crippen LogP contribution in [0.4, 0.5) is 0 Å². The Kier molecular flexibility index (Phi) is 6.84. The average molecular weight is 312 g/mol. The van der Waals surface area contributed by atoms with Gasteiger partial charge in [-0.25, -0.2) is 8.42 Å². The van der Waals surface area contributed by atoms with Gasteiger partial charge in [0.15, 0.2) is 0 Å². The zero-order chi connectivity index (χ0) is 15.9. The van der Waals surface area contributed by atoms with E-state index in [1.54, 1.807) is 24.3 Å². The maximum atomic E-state index is 12.3. The maximum absolute atomic E-state index is 12.3. The molecule has 0 aliphatic carbocycles. The molecule has 0 spiro atoms. The van der Waals surface area contributed by atoms with Crippen molar-refractivity contribution in [2.24, 2.45) is 0 Å². The Balaban J connectivity index is 2.95. The van der Waals surface area contributed by atoms with E-state index in [0.29, 0.717) is 12.0 Å². The molecule has 0 bridgehead atoms. The zero-order valence-electron chi connectivity index (χ0n) is 12.8. The van der Waals surface area contributed by atoms with Crippen molar-refractivity contribution in [3.8, 4) is 0 Å². The fourth-order valence-electron chi connectivity index (χ4n) is 1.86. The Morgan fingerprint density at radius 2 is 1.81 bits per heavy atom. The minimum absolute atomic E-state index is 0.0296. The zero-order valence-corrected chi connectivity index (χ0v) is 13.6. The van der Waals surface area contributed by atoms with E-state index in [1.807, 2.05) is 26.8 Å². The number of benzene rings is 1. The van der Waals surface area contributed by atoms with Crippen LogP contribution in [0.2, 0.25) is 0 Å². The first-order valence-electron chi connectivity index (χ1n) is 7.21. The molecule has 1 rings (SSSR count). The van der Waals surface area contributed by atoms with E-state index >= 15 is 0 Å². The van der Waals surface area contributed by atoms with Gasteiger partial charge in [0.25, 0.3) is 0 Å². The SMILES string of the molecule is CCCCS(=O)(=O)N[C@H](C(=O)NC(C)C)c1ccccc1. The van der Waals surface area contributed by atoms with Crippen molar-refractivity contribution in [2.45, 2.75) is 45.7 Å². The van der Waals surface area contributed by atoms with Gasteiger partial charge in [0, 0.05) is 6.04 Å². The standard InChI is InChI=1S/C15H24N2O3S/c1-4-5-11-21(19,20)17-14(15(18)16-12(2)3)13-9-7-6-8-10-13/h6-10,12,14,17H,4-5,11H2,1-3H3,(H,16,18)/t14-/m0/s1. The molecule has 5 nitrogen and oxygen atoms in total. The highest BCUT2D eigenvalue weighted by atomic mass is 32.2. The molecule has 0 radical (unpaired) electrons. The largest absolute Gasteiger partial charge is 0.352 e. The fourth-order valence-corrected chi connectivity index (χ4v) is 3.25. The van der Waals surface area contributed by atoms with Crippen LogP contribution in [0.3, 0.4) is 0 Å². The van der Waals surface area contributed by atoms with Crippen LogP contribution in [0.15, 0.2) is 30.3 Å². The molecule has 0 saturated carbocycles. The van der Waals surface area contributed by atoms with Crippen LogP contribution in [-0.4, -0.2) is 26.1 Å². The summed E-state index contributed by atoms with van der Waals surface area (Å²) >= 11 is 0. The topological polar surface area (TPSA) is 75.3 Å². The van der Waals surface area contributed by atoms with E-state index in [2.05, 4.69) is 10.0 Å². The van der Waals surface area contributed by atoms with Crippen molar-refractivity contribution < 1.29 is 13.2 Å². The Labute approximate surface area is 127 Å². The van der Waals surface area contributed by atoms with Crippen LogP contribution in [0.1, 0.15) is 45.2 Å². The van der Waals surface area contributed by atoms with E-state index in [4.69, 9.17) is 0 Å². The van der Waals surface area contributed by atoms with Gasteiger partial charge >= 0.3 is 0 Å². The van der Waals surface area contributed by atoms with Crippen molar-refractivity contribution in [1.29, 1.82) is 0 Å². The lowest BCUT2D eigenvalue weighted by molar-refractivity contribution is -0.123. The molecule has 0 saturated heterocycles. The monoisotopic (exact) mass is 312 g/mol. The first-order valence-corrected chi connectivity index (χ1v) is 8.86. The van der Waals surface area contributed by atoms with E-state index in [0.717, 1.165) is 6.42 Å². The summed E-state index contributed by atoms with van der Waals surface area (Å²) in [7, 11) is -3.48. The van der Waals surface area contributed by atoms with Crippen LogP contribution in [0.5, 0.6) is 0 Å². The molecule has 118 valence electrons. The van der Waals surface area contributed by atoms with Gasteiger partial charge in [-0.3, -0.25) is 4.79 Å². The molecule has 1 aromatic carbocycles. The van der Waals surface area contributed by atoms with E-state index in [9.17, 15) is 13.2 Å². The summed E-state index contributed by atoms with van der Waals surface area (Å²) in [6, 6.07) is 7.93.